The van der Waals surface area contributed by atoms with E-state index in [1.807, 2.05) is 0 Å². The Morgan fingerprint density at radius 1 is 0.880 bits per heavy atom. The fourth-order valence-electron chi connectivity index (χ4n) is 2.73. The van der Waals surface area contributed by atoms with Crippen LogP contribution < -0.4 is 0 Å². The molecule has 132 valence electrons. The number of aromatic nitrogens is 1. The molecular weight excluding hydrogens is 335 g/mol. The van der Waals surface area contributed by atoms with Crippen molar-refractivity contribution in [3.05, 3.63) is 59.4 Å². The number of H-pyrrole nitrogens is 1. The van der Waals surface area contributed by atoms with Gasteiger partial charge in [0.15, 0.2) is 0 Å². The van der Waals surface area contributed by atoms with Gasteiger partial charge in [-0.1, -0.05) is 0 Å². The smallest absolute Gasteiger partial charge is 0.357 e. The molecule has 1 saturated heterocycles. The molecule has 0 radical (unpaired) electrons. The normalized spacial score (nSPS) is 15.3. The number of benzene rings is 1. The average molecular weight is 351 g/mol. The third-order valence-electron chi connectivity index (χ3n) is 4.14. The van der Waals surface area contributed by atoms with Crippen LogP contribution in [0.15, 0.2) is 42.6 Å². The Labute approximate surface area is 142 Å². The van der Waals surface area contributed by atoms with Crippen LogP contribution in [0.4, 0.5) is 13.2 Å². The topological polar surface area (TPSA) is 56.4 Å². The summed E-state index contributed by atoms with van der Waals surface area (Å²) >= 11 is 0. The largest absolute Gasteiger partial charge is 0.416 e. The van der Waals surface area contributed by atoms with Gasteiger partial charge >= 0.3 is 6.18 Å². The lowest BCUT2D eigenvalue weighted by Crippen LogP contribution is -2.50. The van der Waals surface area contributed by atoms with E-state index in [0.717, 1.165) is 12.1 Å². The van der Waals surface area contributed by atoms with Crippen molar-refractivity contribution in [1.82, 2.24) is 14.8 Å². The molecule has 5 nitrogen and oxygen atoms in total. The van der Waals surface area contributed by atoms with Crippen molar-refractivity contribution in [3.63, 3.8) is 0 Å². The number of carbonyl (C=O) groups is 2. The van der Waals surface area contributed by atoms with Gasteiger partial charge in [0.2, 0.25) is 0 Å². The van der Waals surface area contributed by atoms with E-state index in [9.17, 15) is 22.8 Å². The molecule has 3 rings (SSSR count). The van der Waals surface area contributed by atoms with E-state index >= 15 is 0 Å². The molecule has 0 spiro atoms. The van der Waals surface area contributed by atoms with Gasteiger partial charge in [-0.3, -0.25) is 9.59 Å². The summed E-state index contributed by atoms with van der Waals surface area (Å²) in [6, 6.07) is 7.58. The number of nitrogens with one attached hydrogen (secondary N) is 1. The monoisotopic (exact) mass is 351 g/mol. The van der Waals surface area contributed by atoms with Gasteiger partial charge in [-0.05, 0) is 36.4 Å². The van der Waals surface area contributed by atoms with Gasteiger partial charge in [-0.25, -0.2) is 0 Å². The molecule has 1 aliphatic rings. The lowest BCUT2D eigenvalue weighted by atomic mass is 10.1. The van der Waals surface area contributed by atoms with Crippen molar-refractivity contribution in [2.24, 2.45) is 0 Å². The second-order valence-electron chi connectivity index (χ2n) is 5.74. The van der Waals surface area contributed by atoms with Crippen molar-refractivity contribution in [3.8, 4) is 0 Å². The Morgan fingerprint density at radius 2 is 1.44 bits per heavy atom. The molecule has 1 fully saturated rings. The summed E-state index contributed by atoms with van der Waals surface area (Å²) in [6.45, 7) is 1.44. The third-order valence-corrected chi connectivity index (χ3v) is 4.14. The lowest BCUT2D eigenvalue weighted by molar-refractivity contribution is -0.137. The van der Waals surface area contributed by atoms with Crippen LogP contribution in [-0.2, 0) is 6.18 Å². The van der Waals surface area contributed by atoms with Gasteiger partial charge in [0.1, 0.15) is 5.69 Å². The van der Waals surface area contributed by atoms with E-state index in [0.29, 0.717) is 31.9 Å². The minimum Gasteiger partial charge on any atom is -0.357 e. The summed E-state index contributed by atoms with van der Waals surface area (Å²) in [7, 11) is 0. The molecule has 0 unspecified atom stereocenters. The highest BCUT2D eigenvalue weighted by molar-refractivity contribution is 5.95. The second kappa shape index (κ2) is 6.62. The second-order valence-corrected chi connectivity index (χ2v) is 5.74. The Hall–Kier alpha value is -2.77. The molecule has 1 N–H and O–H groups in total. The molecule has 1 aliphatic heterocycles. The predicted octanol–water partition coefficient (Wildman–Crippen LogP) is 2.63. The number of piperazine rings is 1. The van der Waals surface area contributed by atoms with Crippen molar-refractivity contribution in [2.75, 3.05) is 26.2 Å². The number of nitrogens with zero attached hydrogens (tertiary/aromatic N) is 2. The highest BCUT2D eigenvalue weighted by Gasteiger charge is 2.31. The first-order valence-electron chi connectivity index (χ1n) is 7.75. The molecule has 2 amide bonds. The molecule has 1 aromatic carbocycles. The zero-order chi connectivity index (χ0) is 18.0. The number of hydrogen-bond acceptors (Lipinski definition) is 2. The van der Waals surface area contributed by atoms with E-state index in [2.05, 4.69) is 4.98 Å². The highest BCUT2D eigenvalue weighted by Crippen LogP contribution is 2.29. The van der Waals surface area contributed by atoms with Crippen molar-refractivity contribution < 1.29 is 22.8 Å². The Morgan fingerprint density at radius 3 is 1.92 bits per heavy atom. The van der Waals surface area contributed by atoms with E-state index in [-0.39, 0.29) is 17.4 Å². The van der Waals surface area contributed by atoms with E-state index in [4.69, 9.17) is 0 Å². The molecule has 0 bridgehead atoms. The van der Waals surface area contributed by atoms with Crippen LogP contribution in [0.25, 0.3) is 0 Å². The first-order valence-corrected chi connectivity index (χ1v) is 7.75. The van der Waals surface area contributed by atoms with Crippen LogP contribution in [0.2, 0.25) is 0 Å². The van der Waals surface area contributed by atoms with E-state index in [1.165, 1.54) is 12.1 Å². The molecule has 0 atom stereocenters. The summed E-state index contributed by atoms with van der Waals surface area (Å²) in [4.78, 5) is 30.7. The third kappa shape index (κ3) is 3.67. The fraction of sp³-hybridized carbons (Fsp3) is 0.294. The van der Waals surface area contributed by atoms with Crippen LogP contribution in [0.5, 0.6) is 0 Å². The standard InChI is InChI=1S/C17H16F3N3O2/c18-17(19,20)13-5-3-12(4-6-13)15(24)22-8-10-23(11-9-22)16(25)14-2-1-7-21-14/h1-7,21H,8-11H2. The van der Waals surface area contributed by atoms with Crippen LogP contribution in [0, 0.1) is 0 Å². The number of halogens is 3. The zero-order valence-corrected chi connectivity index (χ0v) is 13.2. The van der Waals surface area contributed by atoms with E-state index in [1.54, 1.807) is 28.1 Å². The van der Waals surface area contributed by atoms with Crippen LogP contribution in [0.3, 0.4) is 0 Å². The molecular formula is C17H16F3N3O2. The van der Waals surface area contributed by atoms with E-state index < -0.39 is 11.7 Å². The van der Waals surface area contributed by atoms with Gasteiger partial charge in [0, 0.05) is 37.9 Å². The van der Waals surface area contributed by atoms with Gasteiger partial charge < -0.3 is 14.8 Å². The molecule has 0 saturated carbocycles. The molecule has 25 heavy (non-hydrogen) atoms. The minimum atomic E-state index is -4.43. The number of aromatic amines is 1. The molecule has 1 aromatic heterocycles. The molecule has 2 heterocycles. The SMILES string of the molecule is O=C(c1ccc(C(F)(F)F)cc1)N1CCN(C(=O)c2ccc[nH]2)CC1. The van der Waals surface area contributed by atoms with Crippen LogP contribution in [0.1, 0.15) is 26.4 Å². The fourth-order valence-corrected chi connectivity index (χ4v) is 2.73. The van der Waals surface area contributed by atoms with Crippen LogP contribution in [-0.4, -0.2) is 52.8 Å². The Kier molecular flexibility index (Phi) is 4.52. The quantitative estimate of drug-likeness (QED) is 0.904. The molecule has 0 aliphatic carbocycles. The molecule has 2 aromatic rings. The van der Waals surface area contributed by atoms with Gasteiger partial charge in [-0.2, -0.15) is 13.2 Å². The maximum Gasteiger partial charge on any atom is 0.416 e. The van der Waals surface area contributed by atoms with Crippen LogP contribution >= 0.6 is 0 Å². The van der Waals surface area contributed by atoms with Crippen molar-refractivity contribution in [2.45, 2.75) is 6.18 Å². The summed E-state index contributed by atoms with van der Waals surface area (Å²) in [5.74, 6) is -0.465. The summed E-state index contributed by atoms with van der Waals surface area (Å²) in [5.41, 5.74) is -0.0925. The summed E-state index contributed by atoms with van der Waals surface area (Å²) < 4.78 is 37.7. The maximum absolute atomic E-state index is 12.6. The number of alkyl halides is 3. The number of rotatable bonds is 2. The molecule has 8 heteroatoms. The van der Waals surface area contributed by atoms with Crippen molar-refractivity contribution in [1.29, 1.82) is 0 Å². The Bertz CT molecular complexity index is 746. The average Bonchev–Trinajstić information content (AvgIpc) is 3.14. The highest BCUT2D eigenvalue weighted by atomic mass is 19.4. The van der Waals surface area contributed by atoms with Gasteiger partial charge in [0.05, 0.1) is 5.56 Å². The lowest BCUT2D eigenvalue weighted by Gasteiger charge is -2.34. The van der Waals surface area contributed by atoms with Gasteiger partial charge in [0.25, 0.3) is 11.8 Å². The summed E-state index contributed by atoms with van der Waals surface area (Å²) in [5, 5.41) is 0. The van der Waals surface area contributed by atoms with Crippen molar-refractivity contribution >= 4 is 11.8 Å². The van der Waals surface area contributed by atoms with Gasteiger partial charge in [-0.15, -0.1) is 0 Å². The minimum absolute atomic E-state index is 0.133. The Balaban J connectivity index is 1.61. The number of hydrogen-bond donors (Lipinski definition) is 1. The predicted molar refractivity (Wildman–Crippen MR) is 84.0 cm³/mol. The summed E-state index contributed by atoms with van der Waals surface area (Å²) in [6.07, 6.45) is -2.76. The first-order chi connectivity index (χ1) is 11.9. The maximum atomic E-state index is 12.6. The first kappa shape index (κ1) is 17.1. The number of carbonyl (C=O) groups excluding carboxylic acids is 2. The zero-order valence-electron chi connectivity index (χ0n) is 13.2. The number of amides is 2.